The van der Waals surface area contributed by atoms with Gasteiger partial charge in [-0.3, -0.25) is 67.1 Å². The second kappa shape index (κ2) is 46.0. The van der Waals surface area contributed by atoms with Gasteiger partial charge in [0.1, 0.15) is 89.9 Å². The van der Waals surface area contributed by atoms with E-state index in [9.17, 15) is 133 Å². The molecule has 0 saturated carbocycles. The van der Waals surface area contributed by atoms with Gasteiger partial charge in [0.2, 0.25) is 65.2 Å². The average molecular weight is 1840 g/mol. The fourth-order valence-electron chi connectivity index (χ4n) is 11.5. The number of benzene rings is 3. The first kappa shape index (κ1) is 98.9. The van der Waals surface area contributed by atoms with Crippen molar-refractivity contribution in [1.29, 1.82) is 0 Å². The van der Waals surface area contributed by atoms with Crippen molar-refractivity contribution in [3.8, 4) is 22.8 Å². The van der Waals surface area contributed by atoms with Crippen LogP contribution in [0, 0.1) is 0 Å². The molecular weight excluding hydrogens is 1750 g/mol. The van der Waals surface area contributed by atoms with Gasteiger partial charge in [0.25, 0.3) is 0 Å². The first-order valence-corrected chi connectivity index (χ1v) is 37.4. The molecule has 660 valence electrons. The number of carboxylic acids is 7. The number of carbonyl (C=O) groups excluding carboxylic acids is 9. The highest BCUT2D eigenvalue weighted by atomic mass is 127. The molecule has 13 atom stereocenters. The van der Waals surface area contributed by atoms with Crippen LogP contribution in [0.3, 0.4) is 0 Å². The minimum Gasteiger partial charge on any atom is -0.508 e. The number of hydrogen-bond donors (Lipinski definition) is 22. The lowest BCUT2D eigenvalue weighted by atomic mass is 9.95. The Hall–Kier alpha value is -12.7. The fourth-order valence-corrected chi connectivity index (χ4v) is 11.7. The van der Waals surface area contributed by atoms with Crippen LogP contribution in [-0.2, 0) is 112 Å². The van der Waals surface area contributed by atoms with Gasteiger partial charge in [-0.25, -0.2) is 14.3 Å². The Morgan fingerprint density at radius 2 is 0.934 bits per heavy atom. The Morgan fingerprint density at radius 1 is 0.537 bits per heavy atom. The summed E-state index contributed by atoms with van der Waals surface area (Å²) in [5.74, 6) is -27.8. The van der Waals surface area contributed by atoms with Gasteiger partial charge >= 0.3 is 54.1 Å². The number of carboxylic acid groups (broad SMARTS) is 7. The summed E-state index contributed by atoms with van der Waals surface area (Å²) in [6, 6.07) is -9.55. The van der Waals surface area contributed by atoms with Gasteiger partial charge in [-0.15, -0.1) is 5.10 Å². The standard InChI is InChI=1S/C71H83F6IN14O29/c72-70(73,74)37-21-33(47-29-92(91-90-47)30-49-58(107)59(108)57(89-51(96)28-78)69(121-49)120-48(68(118)119)20-32-9-13-35(94)14-10-32)22-38(71(75,76)77)36(37)15-16-50(95)81-42(23-52(97)98)62(111)84-41(19-31-7-11-34(93)12-8-31)61(110)82-39(5-1-3-17-79)60(109)85-44(25-54(101)102)64(113)87-46(27-56(105)106)66(115)88-45(26-55(103)104)65(114)86-43(24-53(99)100)63(112)83-40(67(116)117)6-2-4-18-80/h7-16,20-22,29,39-46,49,57-59,69,93-94,107-108H,1-6,17-19,23-28,30,79-80H2,(H,81,95)(H,82,110)(H,83,112)(H,84,111)(H,85,109)(H,86,114)(H,87,113)(H,88,115)(H,89,96)(H,97,98)(H,99,100)(H,101,102)(H,103,104)(H,105,106)(H,116,117)(H,118,119)/b16-15+,48-20-/t39-,40-,41-,42-,43-,44-,45-,46-,49+,57+,58-,59+,69+/m0/s1. The van der Waals surface area contributed by atoms with E-state index in [1.165, 1.54) is 36.4 Å². The maximum Gasteiger partial charge on any atom is 0.417 e. The van der Waals surface area contributed by atoms with E-state index in [2.05, 4.69) is 26.3 Å². The zero-order valence-corrected chi connectivity index (χ0v) is 65.0. The quantitative estimate of drug-likeness (QED) is 0.00555. The van der Waals surface area contributed by atoms with E-state index in [0.717, 1.165) is 29.1 Å². The highest BCUT2D eigenvalue weighted by Crippen LogP contribution is 2.43. The van der Waals surface area contributed by atoms with Crippen LogP contribution in [0.5, 0.6) is 11.5 Å². The molecule has 1 aliphatic rings. The maximum absolute atomic E-state index is 15.1. The molecule has 5 rings (SSSR count). The molecule has 1 fully saturated rings. The minimum absolute atomic E-state index is 0.00475. The SMILES string of the molecule is NCCCC[C@H](NC(=O)[C@H](CC(=O)O)NC(=O)[C@H](CC(=O)O)NC(=O)[C@H](CC(=O)O)NC(=O)[C@H](CC(=O)O)NC(=O)[C@H](CCCCN)NC(=O)[C@H](Cc1ccc(O)cc1)NC(=O)[C@H](CC(=O)O)NC(=O)/C=C/c1c(C(F)(F)F)cc(-c2cn(C[C@H]3O[C@@H](O/C(=C\c4ccc(O)cc4)C(=O)O)[C@H](NC(=O)CI)[C@@H](O)[C@H]3O)nn2)cc1C(F)(F)F)C(=O)O. The first-order valence-electron chi connectivity index (χ1n) is 35.8. The molecule has 1 aromatic heterocycles. The smallest absolute Gasteiger partial charge is 0.417 e. The molecule has 1 aliphatic heterocycles. The van der Waals surface area contributed by atoms with Crippen molar-refractivity contribution in [1.82, 2.24) is 62.8 Å². The van der Waals surface area contributed by atoms with Crippen molar-refractivity contribution in [3.05, 3.63) is 107 Å². The van der Waals surface area contributed by atoms with E-state index in [1.807, 2.05) is 26.6 Å². The van der Waals surface area contributed by atoms with Crippen molar-refractivity contribution in [2.24, 2.45) is 11.5 Å². The number of hydrogen-bond acceptors (Lipinski definition) is 26. The number of halogens is 7. The first-order chi connectivity index (χ1) is 56.7. The van der Waals surface area contributed by atoms with Gasteiger partial charge in [0, 0.05) is 18.1 Å². The number of ether oxygens (including phenoxy) is 2. The number of nitrogens with zero attached hydrogens (tertiary/aromatic N) is 3. The Bertz CT molecular complexity index is 4460. The van der Waals surface area contributed by atoms with Crippen LogP contribution in [0.2, 0.25) is 0 Å². The minimum atomic E-state index is -5.75. The predicted molar refractivity (Wildman–Crippen MR) is 403 cm³/mol. The van der Waals surface area contributed by atoms with E-state index in [4.69, 9.17) is 20.9 Å². The Kier molecular flexibility index (Phi) is 37.6. The number of phenols is 2. The number of carbonyl (C=O) groups is 16. The Balaban J connectivity index is 1.42. The molecule has 4 aromatic rings. The third-order valence-corrected chi connectivity index (χ3v) is 18.1. The molecule has 9 amide bonds. The van der Waals surface area contributed by atoms with Crippen molar-refractivity contribution in [3.63, 3.8) is 0 Å². The zero-order chi connectivity index (χ0) is 90.5. The van der Waals surface area contributed by atoms with Gasteiger partial charge in [-0.05, 0) is 117 Å². The van der Waals surface area contributed by atoms with Gasteiger partial charge in [-0.1, -0.05) is 52.1 Å². The highest BCUT2D eigenvalue weighted by molar-refractivity contribution is 14.1. The van der Waals surface area contributed by atoms with E-state index in [1.54, 1.807) is 27.9 Å². The molecule has 0 unspecified atom stereocenters. The molecular formula is C71H83F6IN14O29. The molecule has 0 bridgehead atoms. The lowest BCUT2D eigenvalue weighted by Gasteiger charge is -2.42. The molecule has 43 nitrogen and oxygen atoms in total. The summed E-state index contributed by atoms with van der Waals surface area (Å²) in [6.45, 7) is -0.754. The molecule has 2 heterocycles. The normalized spacial score (nSPS) is 17.4. The number of phenolic OH excluding ortho intramolecular Hbond substituents is 2. The summed E-state index contributed by atoms with van der Waals surface area (Å²) >= 11 is 1.64. The van der Waals surface area contributed by atoms with Crippen molar-refractivity contribution in [2.45, 2.75) is 175 Å². The van der Waals surface area contributed by atoms with E-state index >= 15 is 26.3 Å². The van der Waals surface area contributed by atoms with Crippen molar-refractivity contribution < 1.29 is 169 Å². The van der Waals surface area contributed by atoms with Crippen LogP contribution in [0.15, 0.2) is 78.7 Å². The average Bonchev–Trinajstić information content (AvgIpc) is 1.72. The number of unbranched alkanes of at least 4 members (excludes halogenated alkanes) is 2. The second-order valence-electron chi connectivity index (χ2n) is 26.7. The van der Waals surface area contributed by atoms with E-state index in [0.29, 0.717) is 0 Å². The topological polar surface area (TPSA) is 705 Å². The number of amides is 9. The van der Waals surface area contributed by atoms with Gasteiger partial charge < -0.3 is 125 Å². The van der Waals surface area contributed by atoms with Crippen LogP contribution in [0.25, 0.3) is 23.4 Å². The number of aliphatic hydroxyl groups excluding tert-OH is 2. The van der Waals surface area contributed by atoms with Gasteiger partial charge in [0.05, 0.1) is 60.4 Å². The molecule has 1 saturated heterocycles. The number of nitrogens with one attached hydrogen (secondary N) is 9. The predicted octanol–water partition coefficient (Wildman–Crippen LogP) is -2.25. The van der Waals surface area contributed by atoms with Crippen LogP contribution < -0.4 is 59.3 Å². The number of rotatable bonds is 47. The van der Waals surface area contributed by atoms with E-state index in [-0.39, 0.29) is 96.5 Å². The zero-order valence-electron chi connectivity index (χ0n) is 62.8. The molecule has 0 aliphatic carbocycles. The molecule has 50 heteroatoms. The number of aromatic nitrogens is 3. The number of aromatic hydroxyl groups is 2. The lowest BCUT2D eigenvalue weighted by Crippen LogP contribution is -2.64. The van der Waals surface area contributed by atoms with Gasteiger partial charge in [-0.2, -0.15) is 26.3 Å². The molecule has 24 N–H and O–H groups in total. The monoisotopic (exact) mass is 1840 g/mol. The number of aliphatic hydroxyl groups is 2. The Morgan fingerprint density at radius 3 is 1.35 bits per heavy atom. The summed E-state index contributed by atoms with van der Waals surface area (Å²) in [7, 11) is 0. The van der Waals surface area contributed by atoms with Crippen molar-refractivity contribution >= 4 is 130 Å². The summed E-state index contributed by atoms with van der Waals surface area (Å²) in [6.07, 6.45) is -25.7. The van der Waals surface area contributed by atoms with Crippen LogP contribution >= 0.6 is 22.6 Å². The summed E-state index contributed by atoms with van der Waals surface area (Å²) < 4.78 is 103. The highest BCUT2D eigenvalue weighted by Gasteiger charge is 2.48. The largest absolute Gasteiger partial charge is 0.508 e. The summed E-state index contributed by atoms with van der Waals surface area (Å²) in [5, 5.41) is 136. The third-order valence-electron chi connectivity index (χ3n) is 17.4. The summed E-state index contributed by atoms with van der Waals surface area (Å²) in [5.41, 5.74) is 3.61. The van der Waals surface area contributed by atoms with Crippen LogP contribution in [-0.4, -0.2) is 263 Å². The fraction of sp³-hybridized carbons (Fsp3) is 0.437. The summed E-state index contributed by atoms with van der Waals surface area (Å²) in [4.78, 5) is 209. The maximum atomic E-state index is 15.1. The molecule has 0 radical (unpaired) electrons. The van der Waals surface area contributed by atoms with E-state index < -0.39 is 271 Å². The number of nitrogens with two attached hydrogens (primary N) is 2. The van der Waals surface area contributed by atoms with Crippen molar-refractivity contribution in [2.75, 3.05) is 17.5 Å². The molecule has 121 heavy (non-hydrogen) atoms. The number of aliphatic carboxylic acids is 7. The van der Waals surface area contributed by atoms with Gasteiger partial charge in [0.15, 0.2) is 0 Å². The van der Waals surface area contributed by atoms with Crippen LogP contribution in [0.4, 0.5) is 26.3 Å². The third kappa shape index (κ3) is 31.8. The molecule has 3 aromatic carbocycles. The molecule has 0 spiro atoms. The lowest BCUT2D eigenvalue weighted by molar-refractivity contribution is -0.256. The Labute approximate surface area is 691 Å². The second-order valence-corrected chi connectivity index (χ2v) is 27.4. The van der Waals surface area contributed by atoms with Crippen LogP contribution in [0.1, 0.15) is 98.4 Å². The number of alkyl halides is 7.